The first kappa shape index (κ1) is 16.7. The van der Waals surface area contributed by atoms with Crippen LogP contribution in [0.2, 0.25) is 0 Å². The number of hydrogen-bond acceptors (Lipinski definition) is 4. The highest BCUT2D eigenvalue weighted by Gasteiger charge is 2.35. The van der Waals surface area contributed by atoms with E-state index < -0.39 is 12.0 Å². The Bertz CT molecular complexity index is 584. The summed E-state index contributed by atoms with van der Waals surface area (Å²) in [6.45, 7) is 2.57. The van der Waals surface area contributed by atoms with E-state index >= 15 is 0 Å². The number of benzene rings is 1. The third-order valence-corrected chi connectivity index (χ3v) is 7.57. The Morgan fingerprint density at radius 1 is 1.17 bits per heavy atom. The van der Waals surface area contributed by atoms with Crippen molar-refractivity contribution in [3.05, 3.63) is 35.4 Å². The molecule has 1 amide bonds. The lowest BCUT2D eigenvalue weighted by Crippen LogP contribution is -2.49. The molecule has 124 valence electrons. The molecule has 0 radical (unpaired) electrons. The van der Waals surface area contributed by atoms with Crippen LogP contribution < -0.4 is 0 Å². The molecule has 4 nitrogen and oxygen atoms in total. The molecular formula is C17H21NO3S2. The first-order valence-corrected chi connectivity index (χ1v) is 10.0. The van der Waals surface area contributed by atoms with Crippen molar-refractivity contribution in [1.29, 1.82) is 0 Å². The highest BCUT2D eigenvalue weighted by atomic mass is 32.2. The number of hydrogen-bond donors (Lipinski definition) is 1. The average Bonchev–Trinajstić information content (AvgIpc) is 3.09. The zero-order valence-electron chi connectivity index (χ0n) is 13.1. The number of piperidine rings is 1. The molecule has 2 unspecified atom stereocenters. The van der Waals surface area contributed by atoms with E-state index in [2.05, 4.69) is 0 Å². The third-order valence-electron chi connectivity index (χ3n) is 4.46. The lowest BCUT2D eigenvalue weighted by molar-refractivity contribution is -0.144. The number of nitrogens with zero attached hydrogens (tertiary/aromatic N) is 1. The summed E-state index contributed by atoms with van der Waals surface area (Å²) in [5.41, 5.74) is 1.82. The van der Waals surface area contributed by atoms with Crippen molar-refractivity contribution >= 4 is 35.4 Å². The lowest BCUT2D eigenvalue weighted by Gasteiger charge is -2.36. The van der Waals surface area contributed by atoms with E-state index in [1.54, 1.807) is 0 Å². The van der Waals surface area contributed by atoms with Gasteiger partial charge in [0.15, 0.2) is 0 Å². The second-order valence-corrected chi connectivity index (χ2v) is 8.90. The minimum atomic E-state index is -0.903. The Balaban J connectivity index is 1.74. The number of carbonyl (C=O) groups is 2. The Morgan fingerprint density at radius 2 is 1.83 bits per heavy atom. The molecule has 0 bridgehead atoms. The van der Waals surface area contributed by atoms with E-state index in [0.29, 0.717) is 29.0 Å². The van der Waals surface area contributed by atoms with Crippen LogP contribution in [0.1, 0.15) is 40.3 Å². The highest BCUT2D eigenvalue weighted by molar-refractivity contribution is 8.19. The number of carboxylic acids is 1. The second-order valence-electron chi connectivity index (χ2n) is 6.18. The van der Waals surface area contributed by atoms with Crippen molar-refractivity contribution in [3.63, 3.8) is 0 Å². The van der Waals surface area contributed by atoms with E-state index in [1.165, 1.54) is 22.0 Å². The van der Waals surface area contributed by atoms with Crippen LogP contribution in [-0.4, -0.2) is 46.0 Å². The summed E-state index contributed by atoms with van der Waals surface area (Å²) in [5.74, 6) is 1.62. The monoisotopic (exact) mass is 351 g/mol. The number of amides is 1. The summed E-state index contributed by atoms with van der Waals surface area (Å²) < 4.78 is 0.460. The van der Waals surface area contributed by atoms with Crippen LogP contribution >= 0.6 is 23.5 Å². The van der Waals surface area contributed by atoms with Gasteiger partial charge in [0.1, 0.15) is 6.04 Å². The third kappa shape index (κ3) is 3.69. The van der Waals surface area contributed by atoms with Gasteiger partial charge in [0, 0.05) is 23.6 Å². The molecule has 1 N–H and O–H groups in total. The molecule has 1 aromatic carbocycles. The first-order chi connectivity index (χ1) is 11.1. The normalized spacial score (nSPS) is 25.5. The van der Waals surface area contributed by atoms with Gasteiger partial charge in [0.2, 0.25) is 0 Å². The number of carbonyl (C=O) groups excluding carboxylic acids is 1. The van der Waals surface area contributed by atoms with Gasteiger partial charge in [-0.2, -0.15) is 0 Å². The predicted octanol–water partition coefficient (Wildman–Crippen LogP) is 3.49. The minimum Gasteiger partial charge on any atom is -0.480 e. The van der Waals surface area contributed by atoms with Crippen molar-refractivity contribution in [3.8, 4) is 0 Å². The molecule has 2 aliphatic heterocycles. The average molecular weight is 351 g/mol. The van der Waals surface area contributed by atoms with Gasteiger partial charge in [-0.05, 0) is 36.5 Å². The molecule has 2 atom stereocenters. The van der Waals surface area contributed by atoms with Crippen LogP contribution in [0.25, 0.3) is 0 Å². The summed E-state index contributed by atoms with van der Waals surface area (Å²) in [6.07, 6.45) is 1.40. The van der Waals surface area contributed by atoms with Gasteiger partial charge in [0.05, 0.1) is 4.58 Å². The lowest BCUT2D eigenvalue weighted by atomic mass is 9.92. The van der Waals surface area contributed by atoms with Gasteiger partial charge in [0.25, 0.3) is 5.91 Å². The van der Waals surface area contributed by atoms with E-state index in [4.69, 9.17) is 0 Å². The number of carboxylic acid groups (broad SMARTS) is 1. The molecule has 2 aliphatic rings. The van der Waals surface area contributed by atoms with Gasteiger partial charge >= 0.3 is 5.97 Å². The predicted molar refractivity (Wildman–Crippen MR) is 95.0 cm³/mol. The zero-order valence-corrected chi connectivity index (χ0v) is 14.7. The quantitative estimate of drug-likeness (QED) is 0.903. The maximum atomic E-state index is 12.7. The van der Waals surface area contributed by atoms with E-state index in [0.717, 1.165) is 6.42 Å². The van der Waals surface area contributed by atoms with Crippen LogP contribution in [-0.2, 0) is 4.79 Å². The van der Waals surface area contributed by atoms with Gasteiger partial charge in [-0.15, -0.1) is 23.5 Å². The molecule has 2 saturated heterocycles. The maximum absolute atomic E-state index is 12.7. The molecule has 2 fully saturated rings. The van der Waals surface area contributed by atoms with Crippen molar-refractivity contribution < 1.29 is 14.7 Å². The first-order valence-electron chi connectivity index (χ1n) is 7.93. The Hall–Kier alpha value is -1.14. The molecule has 2 heterocycles. The number of aliphatic carboxylic acids is 1. The fourth-order valence-corrected chi connectivity index (χ4v) is 5.98. The molecular weight excluding hydrogens is 330 g/mol. The van der Waals surface area contributed by atoms with E-state index in [9.17, 15) is 14.7 Å². The molecule has 1 aromatic rings. The molecule has 0 aliphatic carbocycles. The number of thioether (sulfide) groups is 2. The van der Waals surface area contributed by atoms with Crippen molar-refractivity contribution in [2.24, 2.45) is 5.92 Å². The Morgan fingerprint density at radius 3 is 2.43 bits per heavy atom. The van der Waals surface area contributed by atoms with Crippen LogP contribution in [0.3, 0.4) is 0 Å². The summed E-state index contributed by atoms with van der Waals surface area (Å²) in [4.78, 5) is 25.7. The molecule has 0 spiro atoms. The number of likely N-dealkylation sites (tertiary alicyclic amines) is 1. The number of rotatable bonds is 3. The zero-order chi connectivity index (χ0) is 16.4. The standard InChI is InChI=1S/C17H21NO3S2/c1-11-6-7-18(14(10-11)16(20)21)15(19)12-2-4-13(5-3-12)17-22-8-9-23-17/h2-5,11,14,17H,6-10H2,1H3,(H,20,21). The second kappa shape index (κ2) is 7.18. The summed E-state index contributed by atoms with van der Waals surface area (Å²) >= 11 is 3.86. The fraction of sp³-hybridized carbons (Fsp3) is 0.529. The van der Waals surface area contributed by atoms with Gasteiger partial charge in [-0.3, -0.25) is 4.79 Å². The Kier molecular flexibility index (Phi) is 5.21. The van der Waals surface area contributed by atoms with Crippen molar-refractivity contribution in [2.45, 2.75) is 30.4 Å². The van der Waals surface area contributed by atoms with E-state index in [-0.39, 0.29) is 5.91 Å². The van der Waals surface area contributed by atoms with Crippen LogP contribution in [0, 0.1) is 5.92 Å². The summed E-state index contributed by atoms with van der Waals surface area (Å²) in [7, 11) is 0. The highest BCUT2D eigenvalue weighted by Crippen LogP contribution is 2.45. The maximum Gasteiger partial charge on any atom is 0.326 e. The Labute approximate surface area is 145 Å². The van der Waals surface area contributed by atoms with Gasteiger partial charge in [-0.1, -0.05) is 19.1 Å². The van der Waals surface area contributed by atoms with Crippen molar-refractivity contribution in [2.75, 3.05) is 18.1 Å². The minimum absolute atomic E-state index is 0.164. The van der Waals surface area contributed by atoms with Crippen molar-refractivity contribution in [1.82, 2.24) is 4.90 Å². The van der Waals surface area contributed by atoms with Crippen LogP contribution in [0.5, 0.6) is 0 Å². The molecule has 23 heavy (non-hydrogen) atoms. The summed E-state index contributed by atoms with van der Waals surface area (Å²) in [6, 6.07) is 6.99. The van der Waals surface area contributed by atoms with Crippen LogP contribution in [0.15, 0.2) is 24.3 Å². The molecule has 0 aromatic heterocycles. The molecule has 6 heteroatoms. The van der Waals surface area contributed by atoms with Gasteiger partial charge < -0.3 is 10.0 Å². The smallest absolute Gasteiger partial charge is 0.326 e. The van der Waals surface area contributed by atoms with Crippen LogP contribution in [0.4, 0.5) is 0 Å². The largest absolute Gasteiger partial charge is 0.480 e. The van der Waals surface area contributed by atoms with E-state index in [1.807, 2.05) is 54.7 Å². The topological polar surface area (TPSA) is 57.6 Å². The summed E-state index contributed by atoms with van der Waals surface area (Å²) in [5, 5.41) is 9.41. The van der Waals surface area contributed by atoms with Gasteiger partial charge in [-0.25, -0.2) is 4.79 Å². The molecule has 3 rings (SSSR count). The fourth-order valence-electron chi connectivity index (χ4n) is 3.12. The molecule has 0 saturated carbocycles. The SMILES string of the molecule is CC1CCN(C(=O)c2ccc(C3SCCS3)cc2)C(C(=O)O)C1.